The van der Waals surface area contributed by atoms with Crippen molar-refractivity contribution >= 4 is 6.09 Å². The molecule has 1 atom stereocenters. The van der Waals surface area contributed by atoms with E-state index in [1.165, 1.54) is 25.9 Å². The molecule has 2 heterocycles. The maximum atomic E-state index is 11.6. The Bertz CT molecular complexity index is 254. The second-order valence-electron chi connectivity index (χ2n) is 4.80. The Kier molecular flexibility index (Phi) is 4.62. The van der Waals surface area contributed by atoms with E-state index < -0.39 is 0 Å². The number of hydrogen-bond acceptors (Lipinski definition) is 4. The van der Waals surface area contributed by atoms with Crippen molar-refractivity contribution in [2.45, 2.75) is 25.8 Å². The number of likely N-dealkylation sites (tertiary alicyclic amines) is 1. The number of ether oxygens (including phenoxy) is 1. The monoisotopic (exact) mass is 241 g/mol. The lowest BCUT2D eigenvalue weighted by molar-refractivity contribution is 0.0907. The van der Waals surface area contributed by atoms with E-state index in [1.54, 1.807) is 0 Å². The topological polar surface area (TPSA) is 44.8 Å². The van der Waals surface area contributed by atoms with Gasteiger partial charge in [-0.05, 0) is 32.9 Å². The molecule has 98 valence electrons. The summed E-state index contributed by atoms with van der Waals surface area (Å²) in [4.78, 5) is 15.9. The van der Waals surface area contributed by atoms with Gasteiger partial charge in [-0.1, -0.05) is 0 Å². The van der Waals surface area contributed by atoms with Crippen molar-refractivity contribution in [2.75, 3.05) is 45.9 Å². The van der Waals surface area contributed by atoms with Crippen LogP contribution in [0, 0.1) is 0 Å². The summed E-state index contributed by atoms with van der Waals surface area (Å²) in [7, 11) is 0. The molecule has 2 fully saturated rings. The average Bonchev–Trinajstić information content (AvgIpc) is 2.82. The fraction of sp³-hybridized carbons (Fsp3) is 0.917. The molecule has 2 rings (SSSR count). The van der Waals surface area contributed by atoms with E-state index in [2.05, 4.69) is 10.2 Å². The van der Waals surface area contributed by atoms with Crippen LogP contribution in [-0.4, -0.2) is 67.8 Å². The predicted octanol–water partition coefficient (Wildman–Crippen LogP) is 0.513. The van der Waals surface area contributed by atoms with Crippen molar-refractivity contribution in [1.29, 1.82) is 0 Å². The normalized spacial score (nSPS) is 26.2. The van der Waals surface area contributed by atoms with Gasteiger partial charge in [-0.3, -0.25) is 0 Å². The Balaban J connectivity index is 1.77. The summed E-state index contributed by atoms with van der Waals surface area (Å²) < 4.78 is 5.05. The molecular weight excluding hydrogens is 218 g/mol. The lowest BCUT2D eigenvalue weighted by atomic mass is 10.2. The summed E-state index contributed by atoms with van der Waals surface area (Å²) in [6, 6.07) is 0.395. The minimum absolute atomic E-state index is 0.166. The lowest BCUT2D eigenvalue weighted by Gasteiger charge is -2.34. The third-order valence-electron chi connectivity index (χ3n) is 3.46. The quantitative estimate of drug-likeness (QED) is 0.782. The Morgan fingerprint density at radius 1 is 1.35 bits per heavy atom. The molecule has 17 heavy (non-hydrogen) atoms. The number of carbonyl (C=O) groups is 1. The van der Waals surface area contributed by atoms with Gasteiger partial charge in [0.25, 0.3) is 0 Å². The fourth-order valence-electron chi connectivity index (χ4n) is 2.61. The fourth-order valence-corrected chi connectivity index (χ4v) is 2.61. The molecule has 0 bridgehead atoms. The Hall–Kier alpha value is -0.810. The van der Waals surface area contributed by atoms with Crippen molar-refractivity contribution < 1.29 is 9.53 Å². The van der Waals surface area contributed by atoms with Crippen LogP contribution in [0.1, 0.15) is 19.8 Å². The molecular formula is C12H23N3O2. The number of nitrogens with one attached hydrogen (secondary N) is 1. The largest absolute Gasteiger partial charge is 0.450 e. The highest BCUT2D eigenvalue weighted by Gasteiger charge is 2.26. The second-order valence-corrected chi connectivity index (χ2v) is 4.80. The van der Waals surface area contributed by atoms with Crippen LogP contribution in [0.25, 0.3) is 0 Å². The Morgan fingerprint density at radius 3 is 2.82 bits per heavy atom. The highest BCUT2D eigenvalue weighted by Crippen LogP contribution is 2.10. The van der Waals surface area contributed by atoms with Gasteiger partial charge >= 0.3 is 6.09 Å². The van der Waals surface area contributed by atoms with Gasteiger partial charge in [-0.2, -0.15) is 0 Å². The summed E-state index contributed by atoms with van der Waals surface area (Å²) in [6.07, 6.45) is 2.46. The number of amides is 1. The van der Waals surface area contributed by atoms with Gasteiger partial charge in [-0.25, -0.2) is 4.79 Å². The summed E-state index contributed by atoms with van der Waals surface area (Å²) in [6.45, 7) is 8.18. The molecule has 0 aliphatic carbocycles. The summed E-state index contributed by atoms with van der Waals surface area (Å²) in [5.41, 5.74) is 0. The van der Waals surface area contributed by atoms with E-state index in [0.717, 1.165) is 26.2 Å². The molecule has 1 amide bonds. The zero-order chi connectivity index (χ0) is 12.1. The molecule has 5 nitrogen and oxygen atoms in total. The van der Waals surface area contributed by atoms with E-state index in [4.69, 9.17) is 4.74 Å². The van der Waals surface area contributed by atoms with E-state index >= 15 is 0 Å². The first-order chi connectivity index (χ1) is 8.29. The van der Waals surface area contributed by atoms with E-state index in [9.17, 15) is 4.79 Å². The number of nitrogens with zero attached hydrogens (tertiary/aromatic N) is 2. The molecule has 2 aliphatic heterocycles. The number of piperazine rings is 1. The minimum atomic E-state index is -0.166. The van der Waals surface area contributed by atoms with Crippen molar-refractivity contribution in [3.63, 3.8) is 0 Å². The van der Waals surface area contributed by atoms with Gasteiger partial charge in [0.1, 0.15) is 0 Å². The van der Waals surface area contributed by atoms with Crippen molar-refractivity contribution in [3.05, 3.63) is 0 Å². The van der Waals surface area contributed by atoms with Gasteiger partial charge in [0, 0.05) is 32.2 Å². The molecule has 0 spiro atoms. The molecule has 0 saturated carbocycles. The second kappa shape index (κ2) is 6.21. The van der Waals surface area contributed by atoms with Crippen molar-refractivity contribution in [3.8, 4) is 0 Å². The van der Waals surface area contributed by atoms with E-state index in [1.807, 2.05) is 11.8 Å². The van der Waals surface area contributed by atoms with Crippen molar-refractivity contribution in [2.24, 2.45) is 0 Å². The molecule has 5 heteroatoms. The number of rotatable bonds is 3. The predicted molar refractivity (Wildman–Crippen MR) is 66.1 cm³/mol. The van der Waals surface area contributed by atoms with E-state index in [0.29, 0.717) is 12.6 Å². The van der Waals surface area contributed by atoms with Crippen LogP contribution in [0.2, 0.25) is 0 Å². The smallest absolute Gasteiger partial charge is 0.409 e. The SMILES string of the molecule is CCOC(=O)N1CCNC(CN2CCCC2)C1. The highest BCUT2D eigenvalue weighted by molar-refractivity contribution is 5.67. The lowest BCUT2D eigenvalue weighted by Crippen LogP contribution is -2.56. The maximum absolute atomic E-state index is 11.6. The third kappa shape index (κ3) is 3.57. The molecule has 0 radical (unpaired) electrons. The van der Waals surface area contributed by atoms with Crippen LogP contribution in [0.15, 0.2) is 0 Å². The molecule has 2 saturated heterocycles. The van der Waals surface area contributed by atoms with E-state index in [-0.39, 0.29) is 6.09 Å². The molecule has 0 aromatic carbocycles. The first-order valence-corrected chi connectivity index (χ1v) is 6.67. The Labute approximate surface area is 103 Å². The number of carbonyl (C=O) groups excluding carboxylic acids is 1. The van der Waals surface area contributed by atoms with Crippen LogP contribution in [0.3, 0.4) is 0 Å². The minimum Gasteiger partial charge on any atom is -0.450 e. The average molecular weight is 241 g/mol. The first kappa shape index (κ1) is 12.6. The number of hydrogen-bond donors (Lipinski definition) is 1. The maximum Gasteiger partial charge on any atom is 0.409 e. The standard InChI is InChI=1S/C12H23N3O2/c1-2-17-12(16)15-8-5-13-11(10-15)9-14-6-3-4-7-14/h11,13H,2-10H2,1H3. The summed E-state index contributed by atoms with van der Waals surface area (Å²) >= 11 is 0. The molecule has 0 aromatic rings. The van der Waals surface area contributed by atoms with Crippen LogP contribution in [-0.2, 0) is 4.74 Å². The van der Waals surface area contributed by atoms with Crippen LogP contribution in [0.5, 0.6) is 0 Å². The van der Waals surface area contributed by atoms with Gasteiger partial charge in [-0.15, -0.1) is 0 Å². The summed E-state index contributed by atoms with van der Waals surface area (Å²) in [5, 5.41) is 3.48. The van der Waals surface area contributed by atoms with Crippen LogP contribution < -0.4 is 5.32 Å². The Morgan fingerprint density at radius 2 is 2.12 bits per heavy atom. The molecule has 1 N–H and O–H groups in total. The highest BCUT2D eigenvalue weighted by atomic mass is 16.6. The van der Waals surface area contributed by atoms with Gasteiger partial charge in [0.05, 0.1) is 6.61 Å². The van der Waals surface area contributed by atoms with Gasteiger partial charge in [0.15, 0.2) is 0 Å². The molecule has 1 unspecified atom stereocenters. The molecule has 0 aromatic heterocycles. The third-order valence-corrected chi connectivity index (χ3v) is 3.46. The van der Waals surface area contributed by atoms with Crippen LogP contribution >= 0.6 is 0 Å². The first-order valence-electron chi connectivity index (χ1n) is 6.67. The van der Waals surface area contributed by atoms with Gasteiger partial charge in [0.2, 0.25) is 0 Å². The molecule has 2 aliphatic rings. The summed E-state index contributed by atoms with van der Waals surface area (Å²) in [5.74, 6) is 0. The zero-order valence-electron chi connectivity index (χ0n) is 10.7. The van der Waals surface area contributed by atoms with Crippen LogP contribution in [0.4, 0.5) is 4.79 Å². The zero-order valence-corrected chi connectivity index (χ0v) is 10.7. The van der Waals surface area contributed by atoms with Crippen molar-refractivity contribution in [1.82, 2.24) is 15.1 Å². The van der Waals surface area contributed by atoms with Gasteiger partial charge < -0.3 is 19.9 Å².